The Morgan fingerprint density at radius 1 is 1.10 bits per heavy atom. The molecular weight excluding hydrogens is 390 g/mol. The monoisotopic (exact) mass is 407 g/mol. The van der Waals surface area contributed by atoms with Gasteiger partial charge in [0.15, 0.2) is 0 Å². The van der Waals surface area contributed by atoms with Crippen LogP contribution in [0.15, 0.2) is 76.2 Å². The zero-order valence-electron chi connectivity index (χ0n) is 15.7. The molecule has 29 heavy (non-hydrogen) atoms. The lowest BCUT2D eigenvalue weighted by Crippen LogP contribution is -2.33. The van der Waals surface area contributed by atoms with Gasteiger partial charge in [-0.2, -0.15) is 0 Å². The number of halogens is 1. The van der Waals surface area contributed by atoms with Crippen LogP contribution in [0.4, 0.5) is 0 Å². The number of rotatable bonds is 5. The third-order valence-corrected chi connectivity index (χ3v) is 4.90. The minimum absolute atomic E-state index is 0.0854. The summed E-state index contributed by atoms with van der Waals surface area (Å²) in [6.07, 6.45) is 1.40. The number of amides is 1. The summed E-state index contributed by atoms with van der Waals surface area (Å²) in [6, 6.07) is 18.1. The molecule has 4 rings (SSSR count). The molecule has 0 fully saturated rings. The molecule has 2 aromatic carbocycles. The van der Waals surface area contributed by atoms with Crippen molar-refractivity contribution < 1.29 is 9.21 Å². The molecule has 2 aromatic heterocycles. The second-order valence-electron chi connectivity index (χ2n) is 6.72. The van der Waals surface area contributed by atoms with Crippen LogP contribution >= 0.6 is 11.6 Å². The van der Waals surface area contributed by atoms with Gasteiger partial charge in [0.1, 0.15) is 18.1 Å². The maximum atomic E-state index is 12.6. The van der Waals surface area contributed by atoms with Crippen LogP contribution in [0.2, 0.25) is 5.02 Å². The van der Waals surface area contributed by atoms with Crippen LogP contribution in [-0.4, -0.2) is 27.4 Å². The van der Waals surface area contributed by atoms with E-state index in [0.717, 1.165) is 5.56 Å². The van der Waals surface area contributed by atoms with Crippen molar-refractivity contribution in [2.75, 3.05) is 7.05 Å². The Hall–Kier alpha value is -3.38. The van der Waals surface area contributed by atoms with Crippen LogP contribution in [0.25, 0.3) is 22.2 Å². The molecular formula is C22H18ClN3O3. The van der Waals surface area contributed by atoms with Crippen LogP contribution in [-0.2, 0) is 17.9 Å². The molecule has 2 heterocycles. The van der Waals surface area contributed by atoms with E-state index in [9.17, 15) is 9.59 Å². The molecule has 0 bridgehead atoms. The van der Waals surface area contributed by atoms with Gasteiger partial charge in [-0.15, -0.1) is 0 Å². The molecule has 0 aliphatic heterocycles. The molecule has 0 atom stereocenters. The third kappa shape index (κ3) is 4.07. The maximum Gasteiger partial charge on any atom is 0.261 e. The number of fused-ring (bicyclic) bond motifs is 1. The summed E-state index contributed by atoms with van der Waals surface area (Å²) in [5, 5.41) is 1.15. The summed E-state index contributed by atoms with van der Waals surface area (Å²) in [4.78, 5) is 30.9. The second-order valence-corrected chi connectivity index (χ2v) is 7.15. The second kappa shape index (κ2) is 7.93. The van der Waals surface area contributed by atoms with E-state index in [-0.39, 0.29) is 18.0 Å². The highest BCUT2D eigenvalue weighted by atomic mass is 35.5. The fraction of sp³-hybridized carbons (Fsp3) is 0.136. The number of nitrogens with zero attached hydrogens (tertiary/aromatic N) is 3. The minimum Gasteiger partial charge on any atom is -0.459 e. The van der Waals surface area contributed by atoms with E-state index in [2.05, 4.69) is 4.98 Å². The topological polar surface area (TPSA) is 68.3 Å². The molecule has 6 nitrogen and oxygen atoms in total. The molecule has 1 amide bonds. The first-order chi connectivity index (χ1) is 14.0. The first-order valence-electron chi connectivity index (χ1n) is 9.04. The van der Waals surface area contributed by atoms with Gasteiger partial charge in [-0.25, -0.2) is 4.98 Å². The number of aromatic nitrogens is 2. The maximum absolute atomic E-state index is 12.6. The standard InChI is InChI=1S/C22H18ClN3O3/c1-25(12-17-10-11-20(29-17)15-6-8-16(23)9-7-15)21(27)13-26-14-24-19-5-3-2-4-18(19)22(26)28/h2-11,14H,12-13H2,1H3. The number of likely N-dealkylation sites (N-methyl/N-ethyl adjacent to an activating group) is 1. The summed E-state index contributed by atoms with van der Waals surface area (Å²) < 4.78 is 7.17. The van der Waals surface area contributed by atoms with Crippen LogP contribution in [0.1, 0.15) is 5.76 Å². The average Bonchev–Trinajstić information content (AvgIpc) is 3.19. The molecule has 0 aliphatic carbocycles. The fourth-order valence-electron chi connectivity index (χ4n) is 3.04. The lowest BCUT2D eigenvalue weighted by molar-refractivity contribution is -0.131. The van der Waals surface area contributed by atoms with Crippen LogP contribution in [0.5, 0.6) is 0 Å². The van der Waals surface area contributed by atoms with Crippen molar-refractivity contribution in [3.8, 4) is 11.3 Å². The Bertz CT molecular complexity index is 1230. The first-order valence-corrected chi connectivity index (χ1v) is 9.42. The fourth-order valence-corrected chi connectivity index (χ4v) is 3.17. The number of hydrogen-bond acceptors (Lipinski definition) is 4. The van der Waals surface area contributed by atoms with Crippen LogP contribution in [0.3, 0.4) is 0 Å². The summed E-state index contributed by atoms with van der Waals surface area (Å²) in [5.41, 5.74) is 1.28. The Morgan fingerprint density at radius 2 is 1.86 bits per heavy atom. The smallest absolute Gasteiger partial charge is 0.261 e. The highest BCUT2D eigenvalue weighted by Gasteiger charge is 2.14. The number of para-hydroxylation sites is 1. The molecule has 4 aromatic rings. The van der Waals surface area contributed by atoms with Gasteiger partial charge >= 0.3 is 0 Å². The quantitative estimate of drug-likeness (QED) is 0.502. The van der Waals surface area contributed by atoms with Gasteiger partial charge in [0, 0.05) is 17.6 Å². The summed E-state index contributed by atoms with van der Waals surface area (Å²) >= 11 is 5.91. The molecule has 0 saturated heterocycles. The van der Waals surface area contributed by atoms with Crippen molar-refractivity contribution in [2.24, 2.45) is 0 Å². The van der Waals surface area contributed by atoms with Crippen LogP contribution < -0.4 is 5.56 Å². The highest BCUT2D eigenvalue weighted by Crippen LogP contribution is 2.24. The first kappa shape index (κ1) is 19.0. The molecule has 0 saturated carbocycles. The van der Waals surface area contributed by atoms with Crippen molar-refractivity contribution in [3.05, 3.63) is 88.1 Å². The summed E-state index contributed by atoms with van der Waals surface area (Å²) in [6.45, 7) is 0.208. The van der Waals surface area contributed by atoms with E-state index in [0.29, 0.717) is 34.0 Å². The van der Waals surface area contributed by atoms with E-state index in [4.69, 9.17) is 16.0 Å². The van der Waals surface area contributed by atoms with Crippen LogP contribution in [0, 0.1) is 0 Å². The van der Waals surface area contributed by atoms with E-state index in [1.54, 1.807) is 37.4 Å². The van der Waals surface area contributed by atoms with Crippen molar-refractivity contribution in [1.29, 1.82) is 0 Å². The van der Waals surface area contributed by atoms with Gasteiger partial charge in [-0.3, -0.25) is 14.2 Å². The lowest BCUT2D eigenvalue weighted by atomic mass is 10.2. The highest BCUT2D eigenvalue weighted by molar-refractivity contribution is 6.30. The molecule has 7 heteroatoms. The van der Waals surface area contributed by atoms with Gasteiger partial charge in [-0.1, -0.05) is 23.7 Å². The predicted molar refractivity (Wildman–Crippen MR) is 112 cm³/mol. The summed E-state index contributed by atoms with van der Waals surface area (Å²) in [7, 11) is 1.67. The Morgan fingerprint density at radius 3 is 2.66 bits per heavy atom. The minimum atomic E-state index is -0.236. The number of hydrogen-bond donors (Lipinski definition) is 0. The lowest BCUT2D eigenvalue weighted by Gasteiger charge is -2.16. The molecule has 0 aliphatic rings. The SMILES string of the molecule is CN(Cc1ccc(-c2ccc(Cl)cc2)o1)C(=O)Cn1cnc2ccccc2c1=O. The molecule has 0 radical (unpaired) electrons. The van der Waals surface area contributed by atoms with E-state index < -0.39 is 0 Å². The molecule has 0 spiro atoms. The number of carbonyl (C=O) groups is 1. The van der Waals surface area contributed by atoms with E-state index in [1.807, 2.05) is 30.3 Å². The van der Waals surface area contributed by atoms with Gasteiger partial charge in [-0.05, 0) is 48.5 Å². The van der Waals surface area contributed by atoms with Gasteiger partial charge in [0.2, 0.25) is 5.91 Å². The Kier molecular flexibility index (Phi) is 5.18. The van der Waals surface area contributed by atoms with Gasteiger partial charge in [0.05, 0.1) is 23.8 Å². The zero-order chi connectivity index (χ0) is 20.4. The van der Waals surface area contributed by atoms with Crippen molar-refractivity contribution in [1.82, 2.24) is 14.5 Å². The Balaban J connectivity index is 1.46. The van der Waals surface area contributed by atoms with Crippen molar-refractivity contribution in [2.45, 2.75) is 13.1 Å². The third-order valence-electron chi connectivity index (χ3n) is 4.65. The largest absolute Gasteiger partial charge is 0.459 e. The number of carbonyl (C=O) groups excluding carboxylic acids is 1. The number of benzene rings is 2. The predicted octanol–water partition coefficient (Wildman–Crippen LogP) is 3.97. The molecule has 0 N–H and O–H groups in total. The van der Waals surface area contributed by atoms with Crippen molar-refractivity contribution >= 4 is 28.4 Å². The Labute approximate surface area is 172 Å². The zero-order valence-corrected chi connectivity index (χ0v) is 16.5. The van der Waals surface area contributed by atoms with E-state index in [1.165, 1.54) is 15.8 Å². The average molecular weight is 408 g/mol. The van der Waals surface area contributed by atoms with Gasteiger partial charge in [0.25, 0.3) is 5.56 Å². The van der Waals surface area contributed by atoms with E-state index >= 15 is 0 Å². The normalized spacial score (nSPS) is 11.0. The van der Waals surface area contributed by atoms with Gasteiger partial charge < -0.3 is 9.32 Å². The van der Waals surface area contributed by atoms with Crippen molar-refractivity contribution in [3.63, 3.8) is 0 Å². The summed E-state index contributed by atoms with van der Waals surface area (Å²) in [5.74, 6) is 1.14. The molecule has 146 valence electrons. The number of furan rings is 1. The molecule has 0 unspecified atom stereocenters.